The van der Waals surface area contributed by atoms with E-state index in [1.165, 1.54) is 12.3 Å². The molecule has 40 heavy (non-hydrogen) atoms. The SMILES string of the molecule is CCOC(=O)c1cn([C@H](CO[Si](C)(C)C(C)(C)C)C(C)(C)C)c2nc(N)c(Cc3cccc(Cl)c3F)cc2c1=O. The molecule has 3 aromatic rings. The second-order valence-electron chi connectivity index (χ2n) is 12.7. The third kappa shape index (κ3) is 6.58. The zero-order valence-electron chi connectivity index (χ0n) is 24.9. The van der Waals surface area contributed by atoms with Gasteiger partial charge in [-0.1, -0.05) is 65.3 Å². The van der Waals surface area contributed by atoms with Crippen molar-refractivity contribution in [3.05, 3.63) is 68.2 Å². The van der Waals surface area contributed by atoms with Gasteiger partial charge in [0.1, 0.15) is 22.8 Å². The Hall–Kier alpha value is -2.75. The highest BCUT2D eigenvalue weighted by Crippen LogP contribution is 2.40. The fourth-order valence-corrected chi connectivity index (χ4v) is 5.40. The first-order valence-corrected chi connectivity index (χ1v) is 16.8. The van der Waals surface area contributed by atoms with Crippen LogP contribution in [0.4, 0.5) is 10.2 Å². The number of anilines is 1. The van der Waals surface area contributed by atoms with E-state index in [9.17, 15) is 14.0 Å². The Bertz CT molecular complexity index is 1480. The van der Waals surface area contributed by atoms with E-state index in [2.05, 4.69) is 59.6 Å². The fourth-order valence-electron chi connectivity index (χ4n) is 4.20. The van der Waals surface area contributed by atoms with Gasteiger partial charge in [-0.05, 0) is 53.7 Å². The van der Waals surface area contributed by atoms with Gasteiger partial charge in [0, 0.05) is 12.6 Å². The molecule has 0 amide bonds. The van der Waals surface area contributed by atoms with Gasteiger partial charge in [-0.3, -0.25) is 4.79 Å². The summed E-state index contributed by atoms with van der Waals surface area (Å²) in [6, 6.07) is 6.00. The lowest BCUT2D eigenvalue weighted by atomic mass is 9.86. The van der Waals surface area contributed by atoms with E-state index in [0.717, 1.165) is 0 Å². The molecular weight excluding hydrogens is 549 g/mol. The number of hydrogen-bond donors (Lipinski definition) is 1. The standard InChI is InChI=1S/C30H41ClFN3O4Si/c1-10-38-28(37)21-16-35(23(29(2,3)4)17-39-40(8,9)30(5,6)7)27-20(25(21)36)15-19(26(33)34-27)14-18-12-11-13-22(31)24(18)32/h11-13,15-16,23H,10,14,17H2,1-9H3,(H2,33,34)/t23-/m1/s1. The van der Waals surface area contributed by atoms with E-state index in [1.807, 2.05) is 4.57 Å². The summed E-state index contributed by atoms with van der Waals surface area (Å²) in [5.41, 5.74) is 6.50. The Morgan fingerprint density at radius 2 is 1.82 bits per heavy atom. The summed E-state index contributed by atoms with van der Waals surface area (Å²) >= 11 is 5.98. The van der Waals surface area contributed by atoms with Crippen LogP contribution in [0, 0.1) is 11.2 Å². The molecule has 0 aliphatic rings. The van der Waals surface area contributed by atoms with Crippen LogP contribution >= 0.6 is 11.6 Å². The van der Waals surface area contributed by atoms with Gasteiger partial charge >= 0.3 is 5.97 Å². The van der Waals surface area contributed by atoms with Gasteiger partial charge in [-0.25, -0.2) is 14.2 Å². The Labute approximate surface area is 242 Å². The van der Waals surface area contributed by atoms with Crippen LogP contribution in [0.5, 0.6) is 0 Å². The van der Waals surface area contributed by atoms with Gasteiger partial charge in [-0.15, -0.1) is 0 Å². The number of nitrogens with two attached hydrogens (primary N) is 1. The van der Waals surface area contributed by atoms with Crippen molar-refractivity contribution in [3.63, 3.8) is 0 Å². The number of nitrogen functional groups attached to an aromatic ring is 1. The number of esters is 1. The van der Waals surface area contributed by atoms with Crippen LogP contribution in [0.3, 0.4) is 0 Å². The first kappa shape index (κ1) is 31.8. The monoisotopic (exact) mass is 589 g/mol. The summed E-state index contributed by atoms with van der Waals surface area (Å²) in [5.74, 6) is -1.13. The summed E-state index contributed by atoms with van der Waals surface area (Å²) in [7, 11) is -2.14. The predicted octanol–water partition coefficient (Wildman–Crippen LogP) is 7.15. The molecule has 0 radical (unpaired) electrons. The number of pyridine rings is 2. The minimum atomic E-state index is -2.14. The summed E-state index contributed by atoms with van der Waals surface area (Å²) in [6.45, 7) is 19.2. The van der Waals surface area contributed by atoms with Crippen molar-refractivity contribution in [2.45, 2.75) is 79.1 Å². The lowest BCUT2D eigenvalue weighted by Gasteiger charge is -2.40. The van der Waals surface area contributed by atoms with E-state index in [0.29, 0.717) is 23.4 Å². The highest BCUT2D eigenvalue weighted by Gasteiger charge is 2.39. The second kappa shape index (κ2) is 11.6. The summed E-state index contributed by atoms with van der Waals surface area (Å²) < 4.78 is 28.4. The summed E-state index contributed by atoms with van der Waals surface area (Å²) in [6.07, 6.45) is 1.58. The van der Waals surface area contributed by atoms with E-state index in [-0.39, 0.29) is 51.3 Å². The molecule has 0 aliphatic heterocycles. The second-order valence-corrected chi connectivity index (χ2v) is 18.0. The van der Waals surface area contributed by atoms with Crippen molar-refractivity contribution in [1.82, 2.24) is 9.55 Å². The molecule has 218 valence electrons. The number of ether oxygens (including phenoxy) is 1. The number of carbonyl (C=O) groups excluding carboxylic acids is 1. The van der Waals surface area contributed by atoms with Crippen LogP contribution in [-0.4, -0.2) is 37.1 Å². The fraction of sp³-hybridized carbons (Fsp3) is 0.500. The number of hydrogen-bond acceptors (Lipinski definition) is 6. The van der Waals surface area contributed by atoms with Crippen molar-refractivity contribution in [1.29, 1.82) is 0 Å². The highest BCUT2D eigenvalue weighted by molar-refractivity contribution is 6.74. The maximum absolute atomic E-state index is 14.7. The number of rotatable bonds is 8. The highest BCUT2D eigenvalue weighted by atomic mass is 35.5. The van der Waals surface area contributed by atoms with Crippen LogP contribution in [0.1, 0.15) is 76.0 Å². The number of nitrogens with zero attached hydrogens (tertiary/aromatic N) is 2. The largest absolute Gasteiger partial charge is 0.462 e. The third-order valence-electron chi connectivity index (χ3n) is 7.77. The average Bonchev–Trinajstić information content (AvgIpc) is 2.82. The quantitative estimate of drug-likeness (QED) is 0.221. The maximum Gasteiger partial charge on any atom is 0.343 e. The number of fused-ring (bicyclic) bond motifs is 1. The molecular formula is C30H41ClFN3O4Si. The molecule has 2 N–H and O–H groups in total. The van der Waals surface area contributed by atoms with Crippen molar-refractivity contribution in [2.75, 3.05) is 18.9 Å². The molecule has 0 fully saturated rings. The Morgan fingerprint density at radius 1 is 1.18 bits per heavy atom. The van der Waals surface area contributed by atoms with Crippen molar-refractivity contribution < 1.29 is 18.3 Å². The van der Waals surface area contributed by atoms with Crippen molar-refractivity contribution >= 4 is 42.7 Å². The topological polar surface area (TPSA) is 96.4 Å². The van der Waals surface area contributed by atoms with E-state index in [4.69, 9.17) is 26.5 Å². The van der Waals surface area contributed by atoms with Gasteiger partial charge in [-0.2, -0.15) is 0 Å². The molecule has 0 unspecified atom stereocenters. The lowest BCUT2D eigenvalue weighted by molar-refractivity contribution is 0.0522. The van der Waals surface area contributed by atoms with Crippen LogP contribution in [-0.2, 0) is 15.6 Å². The van der Waals surface area contributed by atoms with Gasteiger partial charge in [0.15, 0.2) is 8.32 Å². The van der Waals surface area contributed by atoms with Crippen LogP contribution in [0.25, 0.3) is 11.0 Å². The molecule has 0 saturated carbocycles. The first-order valence-electron chi connectivity index (χ1n) is 13.5. The van der Waals surface area contributed by atoms with Crippen molar-refractivity contribution in [3.8, 4) is 0 Å². The predicted molar refractivity (Wildman–Crippen MR) is 162 cm³/mol. The smallest absolute Gasteiger partial charge is 0.343 e. The van der Waals surface area contributed by atoms with E-state index in [1.54, 1.807) is 25.1 Å². The normalized spacial score (nSPS) is 13.5. The Balaban J connectivity index is 2.27. The third-order valence-corrected chi connectivity index (χ3v) is 12.6. The van der Waals surface area contributed by atoms with Crippen LogP contribution in [0.15, 0.2) is 35.3 Å². The number of benzene rings is 1. The number of halogens is 2. The molecule has 0 aliphatic carbocycles. The van der Waals surface area contributed by atoms with E-state index < -0.39 is 25.5 Å². The molecule has 2 aromatic heterocycles. The maximum atomic E-state index is 14.7. The minimum Gasteiger partial charge on any atom is -0.462 e. The van der Waals surface area contributed by atoms with Crippen LogP contribution in [0.2, 0.25) is 23.2 Å². The molecule has 0 spiro atoms. The Kier molecular flexibility index (Phi) is 9.23. The average molecular weight is 590 g/mol. The van der Waals surface area contributed by atoms with E-state index >= 15 is 0 Å². The zero-order valence-corrected chi connectivity index (χ0v) is 26.7. The lowest BCUT2D eigenvalue weighted by Crippen LogP contribution is -2.43. The Morgan fingerprint density at radius 3 is 2.40 bits per heavy atom. The molecule has 2 heterocycles. The first-order chi connectivity index (χ1) is 18.4. The van der Waals surface area contributed by atoms with Gasteiger partial charge < -0.3 is 19.5 Å². The van der Waals surface area contributed by atoms with Gasteiger partial charge in [0.05, 0.1) is 29.7 Å². The molecule has 7 nitrogen and oxygen atoms in total. The van der Waals surface area contributed by atoms with Crippen molar-refractivity contribution in [2.24, 2.45) is 5.41 Å². The number of carbonyl (C=O) groups is 1. The number of aromatic nitrogens is 2. The summed E-state index contributed by atoms with van der Waals surface area (Å²) in [5, 5.41) is 0.176. The zero-order chi connectivity index (χ0) is 30.2. The molecule has 0 saturated heterocycles. The minimum absolute atomic E-state index is 0.00785. The van der Waals surface area contributed by atoms with Crippen LogP contribution < -0.4 is 11.2 Å². The molecule has 0 bridgehead atoms. The summed E-state index contributed by atoms with van der Waals surface area (Å²) in [4.78, 5) is 31.2. The molecule has 10 heteroatoms. The van der Waals surface area contributed by atoms with Gasteiger partial charge in [0.2, 0.25) is 5.43 Å². The molecule has 1 atom stereocenters. The van der Waals surface area contributed by atoms with Gasteiger partial charge in [0.25, 0.3) is 0 Å². The molecule has 1 aromatic carbocycles. The molecule has 3 rings (SSSR count).